The Balaban J connectivity index is 0.00000320. The molecular formula is C23H32IN3O3. The maximum Gasteiger partial charge on any atom is 0.193 e. The fourth-order valence-electron chi connectivity index (χ4n) is 3.54. The number of benzene rings is 2. The molecule has 2 unspecified atom stereocenters. The van der Waals surface area contributed by atoms with Gasteiger partial charge in [-0.1, -0.05) is 30.3 Å². The Bertz CT molecular complexity index is 771. The summed E-state index contributed by atoms with van der Waals surface area (Å²) in [5, 5.41) is 3.50. The SMILES string of the molecule is CN=C(NCC1CCOC1c1ccccc1)N(C)CCOc1ccc(OC)cc1.I. The molecular weight excluding hydrogens is 493 g/mol. The second-order valence-corrected chi connectivity index (χ2v) is 7.12. The lowest BCUT2D eigenvalue weighted by Gasteiger charge is -2.25. The Hall–Kier alpha value is -2.00. The van der Waals surface area contributed by atoms with Gasteiger partial charge < -0.3 is 24.4 Å². The molecule has 2 aromatic carbocycles. The van der Waals surface area contributed by atoms with Crippen LogP contribution in [-0.2, 0) is 4.74 Å². The number of guanidine groups is 1. The van der Waals surface area contributed by atoms with Crippen LogP contribution in [0.3, 0.4) is 0 Å². The molecule has 0 bridgehead atoms. The molecule has 7 heteroatoms. The summed E-state index contributed by atoms with van der Waals surface area (Å²) < 4.78 is 17.0. The molecule has 1 N–H and O–H groups in total. The number of ether oxygens (including phenoxy) is 3. The largest absolute Gasteiger partial charge is 0.497 e. The van der Waals surface area contributed by atoms with E-state index >= 15 is 0 Å². The van der Waals surface area contributed by atoms with E-state index in [1.807, 2.05) is 44.4 Å². The molecule has 2 aromatic rings. The summed E-state index contributed by atoms with van der Waals surface area (Å²) in [4.78, 5) is 6.49. The van der Waals surface area contributed by atoms with Crippen LogP contribution in [0, 0.1) is 5.92 Å². The number of likely N-dealkylation sites (N-methyl/N-ethyl adjacent to an activating group) is 1. The van der Waals surface area contributed by atoms with Crippen molar-refractivity contribution >= 4 is 29.9 Å². The van der Waals surface area contributed by atoms with Crippen molar-refractivity contribution in [1.82, 2.24) is 10.2 Å². The Kier molecular flexibility index (Phi) is 10.2. The van der Waals surface area contributed by atoms with Crippen molar-refractivity contribution in [3.8, 4) is 11.5 Å². The summed E-state index contributed by atoms with van der Waals surface area (Å²) in [6, 6.07) is 18.1. The summed E-state index contributed by atoms with van der Waals surface area (Å²) in [6.45, 7) is 2.93. The highest BCUT2D eigenvalue weighted by Crippen LogP contribution is 2.33. The van der Waals surface area contributed by atoms with E-state index in [4.69, 9.17) is 14.2 Å². The number of methoxy groups -OCH3 is 1. The molecule has 0 aromatic heterocycles. The third-order valence-electron chi connectivity index (χ3n) is 5.19. The van der Waals surface area contributed by atoms with Crippen molar-refractivity contribution in [2.45, 2.75) is 12.5 Å². The van der Waals surface area contributed by atoms with Gasteiger partial charge >= 0.3 is 0 Å². The Morgan fingerprint density at radius 3 is 2.50 bits per heavy atom. The van der Waals surface area contributed by atoms with E-state index in [0.717, 1.165) is 43.6 Å². The molecule has 6 nitrogen and oxygen atoms in total. The maximum absolute atomic E-state index is 5.99. The van der Waals surface area contributed by atoms with E-state index in [2.05, 4.69) is 39.5 Å². The van der Waals surface area contributed by atoms with Crippen LogP contribution in [0.5, 0.6) is 11.5 Å². The van der Waals surface area contributed by atoms with Gasteiger partial charge in [0.25, 0.3) is 0 Å². The van der Waals surface area contributed by atoms with Gasteiger partial charge in [0, 0.05) is 33.2 Å². The normalized spacial score (nSPS) is 18.4. The molecule has 3 rings (SSSR count). The fraction of sp³-hybridized carbons (Fsp3) is 0.435. The van der Waals surface area contributed by atoms with Crippen LogP contribution >= 0.6 is 24.0 Å². The van der Waals surface area contributed by atoms with Crippen LogP contribution in [-0.4, -0.2) is 58.4 Å². The molecule has 0 radical (unpaired) electrons. The van der Waals surface area contributed by atoms with Gasteiger partial charge in [-0.25, -0.2) is 0 Å². The first-order chi connectivity index (χ1) is 14.2. The van der Waals surface area contributed by atoms with E-state index in [0.29, 0.717) is 12.5 Å². The van der Waals surface area contributed by atoms with E-state index in [1.165, 1.54) is 5.56 Å². The third-order valence-corrected chi connectivity index (χ3v) is 5.19. The highest BCUT2D eigenvalue weighted by Gasteiger charge is 2.29. The molecule has 0 saturated carbocycles. The summed E-state index contributed by atoms with van der Waals surface area (Å²) in [6.07, 6.45) is 1.19. The quantitative estimate of drug-likeness (QED) is 0.321. The first-order valence-corrected chi connectivity index (χ1v) is 10.1. The Morgan fingerprint density at radius 1 is 1.13 bits per heavy atom. The summed E-state index contributed by atoms with van der Waals surface area (Å²) in [7, 11) is 5.48. The number of hydrogen-bond acceptors (Lipinski definition) is 4. The van der Waals surface area contributed by atoms with Crippen molar-refractivity contribution in [1.29, 1.82) is 0 Å². The van der Waals surface area contributed by atoms with Crippen LogP contribution in [0.2, 0.25) is 0 Å². The highest BCUT2D eigenvalue weighted by molar-refractivity contribution is 14.0. The molecule has 1 aliphatic rings. The van der Waals surface area contributed by atoms with Crippen LogP contribution < -0.4 is 14.8 Å². The number of nitrogens with one attached hydrogen (secondary N) is 1. The molecule has 1 fully saturated rings. The van der Waals surface area contributed by atoms with Gasteiger partial charge in [-0.2, -0.15) is 0 Å². The molecule has 1 heterocycles. The van der Waals surface area contributed by atoms with Crippen LogP contribution in [0.4, 0.5) is 0 Å². The first-order valence-electron chi connectivity index (χ1n) is 10.1. The lowest BCUT2D eigenvalue weighted by molar-refractivity contribution is 0.0913. The molecule has 30 heavy (non-hydrogen) atoms. The van der Waals surface area contributed by atoms with Crippen LogP contribution in [0.1, 0.15) is 18.1 Å². The average Bonchev–Trinajstić information content (AvgIpc) is 3.24. The van der Waals surface area contributed by atoms with E-state index in [1.54, 1.807) is 7.11 Å². The van der Waals surface area contributed by atoms with E-state index in [9.17, 15) is 0 Å². The number of hydrogen-bond donors (Lipinski definition) is 1. The molecule has 1 saturated heterocycles. The topological polar surface area (TPSA) is 55.3 Å². The second-order valence-electron chi connectivity index (χ2n) is 7.12. The average molecular weight is 525 g/mol. The minimum absolute atomic E-state index is 0. The zero-order chi connectivity index (χ0) is 20.5. The van der Waals surface area contributed by atoms with Gasteiger partial charge in [-0.05, 0) is 36.2 Å². The summed E-state index contributed by atoms with van der Waals surface area (Å²) in [5.74, 6) is 2.94. The third kappa shape index (κ3) is 6.77. The molecule has 1 aliphatic heterocycles. The number of rotatable bonds is 8. The zero-order valence-electron chi connectivity index (χ0n) is 17.9. The van der Waals surface area contributed by atoms with Gasteiger partial charge in [-0.15, -0.1) is 24.0 Å². The molecule has 2 atom stereocenters. The predicted octanol–water partition coefficient (Wildman–Crippen LogP) is 3.98. The standard InChI is InChI=1S/C23H31N3O3.HI/c1-24-23(26(2)14-16-28-21-11-9-20(27-3)10-12-21)25-17-19-13-15-29-22(19)18-7-5-4-6-8-18;/h4-12,19,22H,13-17H2,1-3H3,(H,24,25);1H. The van der Waals surface area contributed by atoms with Gasteiger partial charge in [0.05, 0.1) is 19.8 Å². The predicted molar refractivity (Wildman–Crippen MR) is 131 cm³/mol. The Morgan fingerprint density at radius 2 is 1.83 bits per heavy atom. The lowest BCUT2D eigenvalue weighted by atomic mass is 9.95. The zero-order valence-corrected chi connectivity index (χ0v) is 20.2. The minimum Gasteiger partial charge on any atom is -0.497 e. The smallest absolute Gasteiger partial charge is 0.193 e. The van der Waals surface area contributed by atoms with Crippen molar-refractivity contribution in [2.24, 2.45) is 10.9 Å². The number of halogens is 1. The lowest BCUT2D eigenvalue weighted by Crippen LogP contribution is -2.43. The fourth-order valence-corrected chi connectivity index (χ4v) is 3.54. The molecule has 164 valence electrons. The van der Waals surface area contributed by atoms with Gasteiger partial charge in [0.2, 0.25) is 0 Å². The van der Waals surface area contributed by atoms with Gasteiger partial charge in [0.15, 0.2) is 5.96 Å². The van der Waals surface area contributed by atoms with Gasteiger partial charge in [-0.3, -0.25) is 4.99 Å². The highest BCUT2D eigenvalue weighted by atomic mass is 127. The van der Waals surface area contributed by atoms with Crippen molar-refractivity contribution in [3.63, 3.8) is 0 Å². The van der Waals surface area contributed by atoms with Crippen molar-refractivity contribution in [3.05, 3.63) is 60.2 Å². The first kappa shape index (κ1) is 24.3. The van der Waals surface area contributed by atoms with E-state index in [-0.39, 0.29) is 30.1 Å². The van der Waals surface area contributed by atoms with Crippen molar-refractivity contribution < 1.29 is 14.2 Å². The number of aliphatic imine (C=N–C) groups is 1. The maximum atomic E-state index is 5.99. The Labute approximate surface area is 196 Å². The monoisotopic (exact) mass is 525 g/mol. The summed E-state index contributed by atoms with van der Waals surface area (Å²) >= 11 is 0. The van der Waals surface area contributed by atoms with Crippen LogP contribution in [0.25, 0.3) is 0 Å². The molecule has 0 aliphatic carbocycles. The van der Waals surface area contributed by atoms with Gasteiger partial charge in [0.1, 0.15) is 18.1 Å². The molecule has 0 spiro atoms. The summed E-state index contributed by atoms with van der Waals surface area (Å²) in [5.41, 5.74) is 1.24. The number of nitrogens with zero attached hydrogens (tertiary/aromatic N) is 2. The van der Waals surface area contributed by atoms with Crippen LogP contribution in [0.15, 0.2) is 59.6 Å². The molecule has 0 amide bonds. The van der Waals surface area contributed by atoms with Crippen molar-refractivity contribution in [2.75, 3.05) is 47.5 Å². The van der Waals surface area contributed by atoms with E-state index < -0.39 is 0 Å². The second kappa shape index (κ2) is 12.6. The minimum atomic E-state index is 0.